The molecule has 32 heavy (non-hydrogen) atoms. The van der Waals surface area contributed by atoms with Crippen molar-refractivity contribution < 1.29 is 18.7 Å². The number of hydrogen-bond acceptors (Lipinski definition) is 7. The molecule has 0 aliphatic rings. The van der Waals surface area contributed by atoms with Crippen LogP contribution in [-0.4, -0.2) is 24.1 Å². The smallest absolute Gasteiger partial charge is 0.224 e. The van der Waals surface area contributed by atoms with Crippen LogP contribution in [0.15, 0.2) is 46.6 Å². The number of fused-ring (bicyclic) bond motifs is 1. The Morgan fingerprint density at radius 3 is 2.72 bits per heavy atom. The van der Waals surface area contributed by atoms with Gasteiger partial charge < -0.3 is 15.0 Å². The number of phenolic OH excluding ortho intramolecular Hbond substituents is 1. The highest BCUT2D eigenvalue weighted by molar-refractivity contribution is 7.78. The van der Waals surface area contributed by atoms with E-state index in [4.69, 9.17) is 4.55 Å². The van der Waals surface area contributed by atoms with E-state index >= 15 is 0 Å². The fourth-order valence-electron chi connectivity index (χ4n) is 3.17. The molecule has 3 aromatic rings. The van der Waals surface area contributed by atoms with Gasteiger partial charge in [-0.1, -0.05) is 38.7 Å². The van der Waals surface area contributed by atoms with E-state index in [1.165, 1.54) is 24.0 Å². The minimum atomic E-state index is -1.93. The lowest BCUT2D eigenvalue weighted by molar-refractivity contribution is -0.116. The molecule has 0 saturated carbocycles. The van der Waals surface area contributed by atoms with Gasteiger partial charge in [0.1, 0.15) is 5.75 Å². The first-order valence-electron chi connectivity index (χ1n) is 10.5. The first kappa shape index (κ1) is 24.0. The van der Waals surface area contributed by atoms with E-state index in [0.717, 1.165) is 36.6 Å². The average molecular weight is 475 g/mol. The maximum Gasteiger partial charge on any atom is 0.224 e. The zero-order chi connectivity index (χ0) is 22.9. The number of amides is 1. The van der Waals surface area contributed by atoms with Gasteiger partial charge in [-0.3, -0.25) is 4.79 Å². The van der Waals surface area contributed by atoms with Crippen molar-refractivity contribution in [2.24, 2.45) is 10.2 Å². The standard InChI is InChI=1S/C22H26N4O4S2/c1-2-3-4-5-6-7-21(28)23-19-13-16(9-11-20(19)27)24-25-22-17-12-15(14-32(29)30)8-10-18(17)26-31-22/h8-13,27H,2-7,14H2,1H3,(H,23,28)(H,29,30). The Balaban J connectivity index is 1.69. The van der Waals surface area contributed by atoms with E-state index in [0.29, 0.717) is 28.4 Å². The summed E-state index contributed by atoms with van der Waals surface area (Å²) in [5.74, 6) is -0.150. The molecule has 0 radical (unpaired) electrons. The third kappa shape index (κ3) is 6.91. The Morgan fingerprint density at radius 1 is 1.12 bits per heavy atom. The van der Waals surface area contributed by atoms with Crippen molar-refractivity contribution in [3.8, 4) is 5.75 Å². The molecule has 1 atom stereocenters. The molecule has 1 aromatic heterocycles. The molecule has 170 valence electrons. The van der Waals surface area contributed by atoms with Gasteiger partial charge in [0.25, 0.3) is 0 Å². The summed E-state index contributed by atoms with van der Waals surface area (Å²) in [5, 5.41) is 22.6. The zero-order valence-corrected chi connectivity index (χ0v) is 19.4. The van der Waals surface area contributed by atoms with Gasteiger partial charge in [-0.05, 0) is 53.8 Å². The van der Waals surface area contributed by atoms with Gasteiger partial charge >= 0.3 is 0 Å². The van der Waals surface area contributed by atoms with Gasteiger partial charge in [0.2, 0.25) is 5.91 Å². The molecule has 0 spiro atoms. The number of carbonyl (C=O) groups excluding carboxylic acids is 1. The molecule has 3 N–H and O–H groups in total. The number of unbranched alkanes of at least 4 members (excludes halogenated alkanes) is 4. The Bertz CT molecular complexity index is 1130. The lowest BCUT2D eigenvalue weighted by atomic mass is 10.1. The van der Waals surface area contributed by atoms with E-state index in [9.17, 15) is 14.1 Å². The number of rotatable bonds is 11. The number of hydrogen-bond donors (Lipinski definition) is 3. The van der Waals surface area contributed by atoms with E-state index in [1.54, 1.807) is 30.3 Å². The summed E-state index contributed by atoms with van der Waals surface area (Å²) < 4.78 is 24.5. The Morgan fingerprint density at radius 2 is 1.94 bits per heavy atom. The second-order valence-corrected chi connectivity index (χ2v) is 9.10. The van der Waals surface area contributed by atoms with E-state index in [2.05, 4.69) is 26.8 Å². The van der Waals surface area contributed by atoms with Crippen LogP contribution in [0.4, 0.5) is 16.4 Å². The van der Waals surface area contributed by atoms with Crippen LogP contribution < -0.4 is 5.32 Å². The van der Waals surface area contributed by atoms with Crippen LogP contribution in [0.25, 0.3) is 10.9 Å². The normalized spacial score (nSPS) is 12.4. The fourth-order valence-corrected chi connectivity index (χ4v) is 4.32. The van der Waals surface area contributed by atoms with Crippen LogP contribution in [0.5, 0.6) is 5.75 Å². The Kier molecular flexibility index (Phi) is 8.83. The predicted molar refractivity (Wildman–Crippen MR) is 128 cm³/mol. The van der Waals surface area contributed by atoms with Crippen LogP contribution >= 0.6 is 11.5 Å². The largest absolute Gasteiger partial charge is 0.506 e. The maximum atomic E-state index is 12.2. The third-order valence-electron chi connectivity index (χ3n) is 4.83. The highest BCUT2D eigenvalue weighted by Crippen LogP contribution is 2.34. The molecule has 0 aliphatic heterocycles. The predicted octanol–water partition coefficient (Wildman–Crippen LogP) is 6.44. The van der Waals surface area contributed by atoms with E-state index in [-0.39, 0.29) is 17.4 Å². The number of aromatic hydroxyl groups is 1. The third-order valence-corrected chi connectivity index (χ3v) is 6.17. The molecule has 0 saturated heterocycles. The van der Waals surface area contributed by atoms with Gasteiger partial charge in [-0.2, -0.15) is 4.37 Å². The Hall–Kier alpha value is -2.69. The molecule has 2 aromatic carbocycles. The first-order chi connectivity index (χ1) is 15.5. The fraction of sp³-hybridized carbons (Fsp3) is 0.364. The van der Waals surface area contributed by atoms with Gasteiger partial charge in [-0.25, -0.2) is 4.21 Å². The molecule has 0 aliphatic carbocycles. The number of azo groups is 1. The number of benzene rings is 2. The lowest BCUT2D eigenvalue weighted by Crippen LogP contribution is -2.11. The second kappa shape index (κ2) is 11.8. The maximum absolute atomic E-state index is 12.2. The van der Waals surface area contributed by atoms with Crippen LogP contribution in [0, 0.1) is 0 Å². The van der Waals surface area contributed by atoms with Crippen molar-refractivity contribution in [3.05, 3.63) is 42.0 Å². The zero-order valence-electron chi connectivity index (χ0n) is 17.8. The molecule has 0 bridgehead atoms. The van der Waals surface area contributed by atoms with Crippen molar-refractivity contribution >= 4 is 55.8 Å². The van der Waals surface area contributed by atoms with Crippen molar-refractivity contribution in [3.63, 3.8) is 0 Å². The molecule has 10 heteroatoms. The summed E-state index contributed by atoms with van der Waals surface area (Å²) in [5.41, 5.74) is 2.20. The number of anilines is 1. The number of aromatic nitrogens is 1. The number of nitrogens with one attached hydrogen (secondary N) is 1. The van der Waals surface area contributed by atoms with Crippen molar-refractivity contribution in [1.82, 2.24) is 4.37 Å². The highest BCUT2D eigenvalue weighted by Gasteiger charge is 2.10. The van der Waals surface area contributed by atoms with Crippen molar-refractivity contribution in [1.29, 1.82) is 0 Å². The molecule has 1 unspecified atom stereocenters. The minimum Gasteiger partial charge on any atom is -0.506 e. The summed E-state index contributed by atoms with van der Waals surface area (Å²) in [6.07, 6.45) is 5.69. The topological polar surface area (TPSA) is 124 Å². The van der Waals surface area contributed by atoms with Crippen LogP contribution in [-0.2, 0) is 21.6 Å². The van der Waals surface area contributed by atoms with E-state index in [1.807, 2.05) is 0 Å². The summed E-state index contributed by atoms with van der Waals surface area (Å²) in [4.78, 5) is 12.2. The minimum absolute atomic E-state index is 0.0298. The monoisotopic (exact) mass is 474 g/mol. The summed E-state index contributed by atoms with van der Waals surface area (Å²) in [7, 11) is 0. The van der Waals surface area contributed by atoms with Gasteiger partial charge in [0, 0.05) is 11.8 Å². The number of phenols is 1. The van der Waals surface area contributed by atoms with Crippen LogP contribution in [0.3, 0.4) is 0 Å². The summed E-state index contributed by atoms with van der Waals surface area (Å²) in [6, 6.07) is 9.95. The molecule has 1 heterocycles. The number of nitrogens with zero attached hydrogens (tertiary/aromatic N) is 3. The van der Waals surface area contributed by atoms with Crippen molar-refractivity contribution in [2.45, 2.75) is 51.2 Å². The molecule has 8 nitrogen and oxygen atoms in total. The lowest BCUT2D eigenvalue weighted by Gasteiger charge is -2.08. The van der Waals surface area contributed by atoms with Gasteiger partial charge in [0.15, 0.2) is 16.1 Å². The number of carbonyl (C=O) groups is 1. The second-order valence-electron chi connectivity index (χ2n) is 7.42. The summed E-state index contributed by atoms with van der Waals surface area (Å²) >= 11 is -0.757. The summed E-state index contributed by atoms with van der Waals surface area (Å²) in [6.45, 7) is 2.15. The van der Waals surface area contributed by atoms with Gasteiger partial charge in [0.05, 0.1) is 22.6 Å². The highest BCUT2D eigenvalue weighted by atomic mass is 32.2. The quantitative estimate of drug-likeness (QED) is 0.128. The van der Waals surface area contributed by atoms with E-state index < -0.39 is 11.1 Å². The molecule has 1 amide bonds. The van der Waals surface area contributed by atoms with Gasteiger partial charge in [-0.15, -0.1) is 10.2 Å². The van der Waals surface area contributed by atoms with Crippen molar-refractivity contribution in [2.75, 3.05) is 5.32 Å². The van der Waals surface area contributed by atoms with Crippen LogP contribution in [0.2, 0.25) is 0 Å². The molecule has 3 rings (SSSR count). The molecular formula is C22H26N4O4S2. The van der Waals surface area contributed by atoms with Crippen LogP contribution in [0.1, 0.15) is 51.0 Å². The molecule has 0 fully saturated rings. The SMILES string of the molecule is CCCCCCCC(=O)Nc1cc(N=Nc2snc3ccc(CS(=O)O)cc23)ccc1O. The Labute approximate surface area is 193 Å². The average Bonchev–Trinajstić information content (AvgIpc) is 3.16. The first-order valence-corrected chi connectivity index (χ1v) is 12.5. The molecular weight excluding hydrogens is 448 g/mol.